The maximum Gasteiger partial charge on any atom is 0.251 e. The monoisotopic (exact) mass is 370 g/mol. The fourth-order valence-corrected chi connectivity index (χ4v) is 2.37. The topological polar surface area (TPSA) is 76.7 Å². The Bertz CT molecular complexity index is 785. The molecule has 144 valence electrons. The lowest BCUT2D eigenvalue weighted by Gasteiger charge is -2.12. The van der Waals surface area contributed by atoms with Gasteiger partial charge in [0.2, 0.25) is 5.91 Å². The van der Waals surface area contributed by atoms with Gasteiger partial charge in [-0.25, -0.2) is 0 Å². The summed E-state index contributed by atoms with van der Waals surface area (Å²) in [6, 6.07) is 12.4. The van der Waals surface area contributed by atoms with Crippen LogP contribution in [0.2, 0.25) is 0 Å². The zero-order valence-electron chi connectivity index (χ0n) is 16.2. The van der Waals surface area contributed by atoms with E-state index in [0.717, 1.165) is 5.56 Å². The number of rotatable bonds is 8. The van der Waals surface area contributed by atoms with E-state index in [1.807, 2.05) is 39.0 Å². The highest BCUT2D eigenvalue weighted by molar-refractivity contribution is 5.96. The number of hydrogen-bond acceptors (Lipinski definition) is 4. The van der Waals surface area contributed by atoms with Gasteiger partial charge in [-0.2, -0.15) is 0 Å². The van der Waals surface area contributed by atoms with E-state index in [0.29, 0.717) is 35.9 Å². The number of nitrogens with one attached hydrogen (secondary N) is 2. The third-order valence-corrected chi connectivity index (χ3v) is 3.92. The van der Waals surface area contributed by atoms with Gasteiger partial charge in [-0.1, -0.05) is 19.9 Å². The Morgan fingerprint density at radius 2 is 1.74 bits per heavy atom. The van der Waals surface area contributed by atoms with Crippen molar-refractivity contribution in [2.24, 2.45) is 5.92 Å². The summed E-state index contributed by atoms with van der Waals surface area (Å²) in [5.74, 6) is 0.961. The van der Waals surface area contributed by atoms with Gasteiger partial charge in [0.15, 0.2) is 11.5 Å². The third-order valence-electron chi connectivity index (χ3n) is 3.92. The molecule has 0 heterocycles. The van der Waals surface area contributed by atoms with Crippen molar-refractivity contribution in [3.05, 3.63) is 53.6 Å². The number of carbonyl (C=O) groups excluding carboxylic acids is 2. The van der Waals surface area contributed by atoms with Gasteiger partial charge in [-0.3, -0.25) is 9.59 Å². The summed E-state index contributed by atoms with van der Waals surface area (Å²) in [7, 11) is 1.58. The average Bonchev–Trinajstić information content (AvgIpc) is 2.67. The Kier molecular flexibility index (Phi) is 7.23. The standard InChI is InChI=1S/C21H26N2O4/c1-5-27-18-11-6-15(12-19(18)26-4)13-22-21(25)16-7-9-17(10-8-16)23-20(24)14(2)3/h6-12,14H,5,13H2,1-4H3,(H,22,25)(H,23,24). The molecule has 0 aliphatic heterocycles. The van der Waals surface area contributed by atoms with E-state index in [-0.39, 0.29) is 17.7 Å². The Hall–Kier alpha value is -3.02. The van der Waals surface area contributed by atoms with Crippen molar-refractivity contribution in [2.75, 3.05) is 19.0 Å². The van der Waals surface area contributed by atoms with Crippen molar-refractivity contribution < 1.29 is 19.1 Å². The van der Waals surface area contributed by atoms with Crippen molar-refractivity contribution in [3.8, 4) is 11.5 Å². The fraction of sp³-hybridized carbons (Fsp3) is 0.333. The summed E-state index contributed by atoms with van der Waals surface area (Å²) in [5.41, 5.74) is 2.10. The maximum absolute atomic E-state index is 12.3. The lowest BCUT2D eigenvalue weighted by atomic mass is 10.1. The first-order valence-corrected chi connectivity index (χ1v) is 8.93. The molecule has 2 aromatic carbocycles. The number of benzene rings is 2. The van der Waals surface area contributed by atoms with Gasteiger partial charge in [-0.05, 0) is 48.9 Å². The molecule has 0 spiro atoms. The molecule has 2 rings (SSSR count). The van der Waals surface area contributed by atoms with Crippen molar-refractivity contribution in [2.45, 2.75) is 27.3 Å². The minimum atomic E-state index is -0.190. The maximum atomic E-state index is 12.3. The van der Waals surface area contributed by atoms with E-state index < -0.39 is 0 Å². The molecule has 0 fully saturated rings. The first-order valence-electron chi connectivity index (χ1n) is 8.93. The van der Waals surface area contributed by atoms with E-state index in [4.69, 9.17) is 9.47 Å². The highest BCUT2D eigenvalue weighted by Gasteiger charge is 2.10. The van der Waals surface area contributed by atoms with E-state index in [1.54, 1.807) is 31.4 Å². The molecule has 0 aromatic heterocycles. The molecule has 0 saturated carbocycles. The molecule has 27 heavy (non-hydrogen) atoms. The predicted octanol–water partition coefficient (Wildman–Crippen LogP) is 3.62. The molecular formula is C21H26N2O4. The number of hydrogen-bond donors (Lipinski definition) is 2. The quantitative estimate of drug-likeness (QED) is 0.744. The molecule has 6 nitrogen and oxygen atoms in total. The first-order chi connectivity index (χ1) is 12.9. The van der Waals surface area contributed by atoms with Crippen LogP contribution >= 0.6 is 0 Å². The summed E-state index contributed by atoms with van der Waals surface area (Å²) in [4.78, 5) is 24.0. The SMILES string of the molecule is CCOc1ccc(CNC(=O)c2ccc(NC(=O)C(C)C)cc2)cc1OC. The number of anilines is 1. The zero-order chi connectivity index (χ0) is 19.8. The van der Waals surface area contributed by atoms with E-state index in [1.165, 1.54) is 0 Å². The van der Waals surface area contributed by atoms with Crippen LogP contribution in [0.4, 0.5) is 5.69 Å². The van der Waals surface area contributed by atoms with Crippen LogP contribution < -0.4 is 20.1 Å². The van der Waals surface area contributed by atoms with Crippen LogP contribution in [0.25, 0.3) is 0 Å². The number of methoxy groups -OCH3 is 1. The van der Waals surface area contributed by atoms with Crippen molar-refractivity contribution >= 4 is 17.5 Å². The predicted molar refractivity (Wildman–Crippen MR) is 105 cm³/mol. The molecular weight excluding hydrogens is 344 g/mol. The second-order valence-corrected chi connectivity index (χ2v) is 6.32. The molecule has 0 aliphatic carbocycles. The highest BCUT2D eigenvalue weighted by Crippen LogP contribution is 2.28. The second kappa shape index (κ2) is 9.62. The van der Waals surface area contributed by atoms with Gasteiger partial charge in [0, 0.05) is 23.7 Å². The Balaban J connectivity index is 1.96. The lowest BCUT2D eigenvalue weighted by molar-refractivity contribution is -0.118. The minimum Gasteiger partial charge on any atom is -0.493 e. The minimum absolute atomic E-state index is 0.0587. The van der Waals surface area contributed by atoms with E-state index in [9.17, 15) is 9.59 Å². The van der Waals surface area contributed by atoms with Gasteiger partial charge in [0.25, 0.3) is 5.91 Å². The molecule has 0 saturated heterocycles. The third kappa shape index (κ3) is 5.74. The van der Waals surface area contributed by atoms with Gasteiger partial charge < -0.3 is 20.1 Å². The van der Waals surface area contributed by atoms with Crippen LogP contribution in [0.1, 0.15) is 36.7 Å². The highest BCUT2D eigenvalue weighted by atomic mass is 16.5. The van der Waals surface area contributed by atoms with Crippen molar-refractivity contribution in [3.63, 3.8) is 0 Å². The number of ether oxygens (including phenoxy) is 2. The molecule has 0 aliphatic rings. The normalized spacial score (nSPS) is 10.4. The van der Waals surface area contributed by atoms with Crippen LogP contribution in [0.3, 0.4) is 0 Å². The molecule has 0 unspecified atom stereocenters. The van der Waals surface area contributed by atoms with Crippen molar-refractivity contribution in [1.29, 1.82) is 0 Å². The fourth-order valence-electron chi connectivity index (χ4n) is 2.37. The molecule has 2 N–H and O–H groups in total. The van der Waals surface area contributed by atoms with Gasteiger partial charge in [0.1, 0.15) is 0 Å². The second-order valence-electron chi connectivity index (χ2n) is 6.32. The van der Waals surface area contributed by atoms with Gasteiger partial charge >= 0.3 is 0 Å². The summed E-state index contributed by atoms with van der Waals surface area (Å²) in [6.07, 6.45) is 0. The average molecular weight is 370 g/mol. The van der Waals surface area contributed by atoms with E-state index in [2.05, 4.69) is 10.6 Å². The largest absolute Gasteiger partial charge is 0.493 e. The molecule has 2 amide bonds. The van der Waals surface area contributed by atoms with Crippen LogP contribution in [0.15, 0.2) is 42.5 Å². The van der Waals surface area contributed by atoms with Crippen LogP contribution in [-0.2, 0) is 11.3 Å². The Morgan fingerprint density at radius 1 is 1.04 bits per heavy atom. The first kappa shape index (κ1) is 20.3. The molecule has 6 heteroatoms. The summed E-state index contributed by atoms with van der Waals surface area (Å²) < 4.78 is 10.8. The molecule has 0 atom stereocenters. The van der Waals surface area contributed by atoms with Gasteiger partial charge in [0.05, 0.1) is 13.7 Å². The number of amides is 2. The smallest absolute Gasteiger partial charge is 0.251 e. The van der Waals surface area contributed by atoms with Crippen molar-refractivity contribution in [1.82, 2.24) is 5.32 Å². The number of carbonyl (C=O) groups is 2. The zero-order valence-corrected chi connectivity index (χ0v) is 16.2. The molecule has 0 bridgehead atoms. The van der Waals surface area contributed by atoms with Crippen LogP contribution in [0.5, 0.6) is 11.5 Å². The molecule has 0 radical (unpaired) electrons. The Labute approximate surface area is 159 Å². The summed E-state index contributed by atoms with van der Waals surface area (Å²) in [6.45, 7) is 6.49. The Morgan fingerprint density at radius 3 is 2.33 bits per heavy atom. The lowest BCUT2D eigenvalue weighted by Crippen LogP contribution is -2.23. The van der Waals surface area contributed by atoms with Gasteiger partial charge in [-0.15, -0.1) is 0 Å². The summed E-state index contributed by atoms with van der Waals surface area (Å²) >= 11 is 0. The van der Waals surface area contributed by atoms with Crippen LogP contribution in [-0.4, -0.2) is 25.5 Å². The summed E-state index contributed by atoms with van der Waals surface area (Å²) in [5, 5.41) is 5.67. The van der Waals surface area contributed by atoms with Crippen LogP contribution in [0, 0.1) is 5.92 Å². The molecule has 2 aromatic rings. The van der Waals surface area contributed by atoms with E-state index >= 15 is 0 Å².